The Balaban J connectivity index is 1.82. The third-order valence-corrected chi connectivity index (χ3v) is 6.34. The number of anilines is 2. The van der Waals surface area contributed by atoms with Crippen molar-refractivity contribution in [3.63, 3.8) is 0 Å². The number of sulfonamides is 1. The fraction of sp³-hybridized carbons (Fsp3) is 0.304. The molecule has 0 fully saturated rings. The molecule has 4 rings (SSSR count). The van der Waals surface area contributed by atoms with E-state index in [1.807, 2.05) is 30.3 Å². The Morgan fingerprint density at radius 3 is 2.72 bits per heavy atom. The molecule has 1 atom stereocenters. The van der Waals surface area contributed by atoms with Gasteiger partial charge in [-0.1, -0.05) is 32.0 Å². The van der Waals surface area contributed by atoms with E-state index in [4.69, 9.17) is 9.47 Å². The van der Waals surface area contributed by atoms with E-state index < -0.39 is 10.0 Å². The predicted octanol–water partition coefficient (Wildman–Crippen LogP) is 4.17. The largest absolute Gasteiger partial charge is 0.496 e. The first-order chi connectivity index (χ1) is 15.3. The molecular weight excluding hydrogens is 428 g/mol. The Hall–Kier alpha value is -3.33. The molecule has 168 valence electrons. The van der Waals surface area contributed by atoms with E-state index in [0.29, 0.717) is 35.2 Å². The third kappa shape index (κ3) is 4.94. The molecule has 0 saturated carbocycles. The lowest BCUT2D eigenvalue weighted by Crippen LogP contribution is -2.29. The van der Waals surface area contributed by atoms with Crippen LogP contribution < -0.4 is 19.5 Å². The predicted molar refractivity (Wildman–Crippen MR) is 124 cm³/mol. The molecule has 0 radical (unpaired) electrons. The van der Waals surface area contributed by atoms with Gasteiger partial charge in [0, 0.05) is 17.3 Å². The fourth-order valence-corrected chi connectivity index (χ4v) is 4.62. The average Bonchev–Trinajstić information content (AvgIpc) is 2.76. The summed E-state index contributed by atoms with van der Waals surface area (Å²) in [6.45, 7) is 4.62. The number of nitrogens with one attached hydrogen (secondary N) is 2. The van der Waals surface area contributed by atoms with Crippen LogP contribution in [0.3, 0.4) is 0 Å². The highest BCUT2D eigenvalue weighted by atomic mass is 32.2. The molecule has 4 bridgehead atoms. The Bertz CT molecular complexity index is 1210. The van der Waals surface area contributed by atoms with Gasteiger partial charge in [-0.3, -0.25) is 0 Å². The number of hydrogen-bond acceptors (Lipinski definition) is 7. The van der Waals surface area contributed by atoms with Gasteiger partial charge in [-0.05, 0) is 42.7 Å². The molecule has 2 heterocycles. The second kappa shape index (κ2) is 9.04. The summed E-state index contributed by atoms with van der Waals surface area (Å²) in [4.78, 5) is 8.87. The van der Waals surface area contributed by atoms with Crippen LogP contribution in [-0.4, -0.2) is 38.1 Å². The average molecular weight is 455 g/mol. The summed E-state index contributed by atoms with van der Waals surface area (Å²) in [5.41, 5.74) is 1.90. The second-order valence-corrected chi connectivity index (χ2v) is 9.71. The van der Waals surface area contributed by atoms with Gasteiger partial charge in [-0.15, -0.1) is 0 Å². The van der Waals surface area contributed by atoms with Crippen molar-refractivity contribution >= 4 is 21.7 Å². The van der Waals surface area contributed by atoms with Crippen molar-refractivity contribution in [1.29, 1.82) is 0 Å². The van der Waals surface area contributed by atoms with Crippen molar-refractivity contribution in [3.05, 3.63) is 54.6 Å². The molecule has 0 saturated heterocycles. The van der Waals surface area contributed by atoms with Crippen molar-refractivity contribution in [2.24, 2.45) is 5.92 Å². The molecule has 2 aromatic carbocycles. The number of fused-ring (bicyclic) bond motifs is 4. The lowest BCUT2D eigenvalue weighted by Gasteiger charge is -2.23. The van der Waals surface area contributed by atoms with Gasteiger partial charge < -0.3 is 14.8 Å². The molecule has 0 spiro atoms. The Morgan fingerprint density at radius 2 is 1.94 bits per heavy atom. The van der Waals surface area contributed by atoms with Gasteiger partial charge in [0.1, 0.15) is 12.4 Å². The molecule has 1 aliphatic heterocycles. The SMILES string of the molecule is COc1ccccc1-c1cc2nc(n1)NS(=O)(=O)c1cccc(c1)N[C@H](CC(C)C)CO2. The van der Waals surface area contributed by atoms with Crippen LogP contribution in [0.2, 0.25) is 0 Å². The summed E-state index contributed by atoms with van der Waals surface area (Å²) in [7, 11) is -2.33. The number of para-hydroxylation sites is 1. The number of methoxy groups -OCH3 is 1. The summed E-state index contributed by atoms with van der Waals surface area (Å²) in [6.07, 6.45) is 0.840. The number of aromatic nitrogens is 2. The molecule has 3 aromatic rings. The van der Waals surface area contributed by atoms with E-state index in [0.717, 1.165) is 6.42 Å². The molecule has 2 N–H and O–H groups in total. The van der Waals surface area contributed by atoms with Gasteiger partial charge in [0.05, 0.1) is 23.7 Å². The second-order valence-electron chi connectivity index (χ2n) is 8.03. The minimum atomic E-state index is -3.90. The molecule has 32 heavy (non-hydrogen) atoms. The highest BCUT2D eigenvalue weighted by molar-refractivity contribution is 7.92. The van der Waals surface area contributed by atoms with Crippen LogP contribution in [0.15, 0.2) is 59.5 Å². The molecule has 8 nitrogen and oxygen atoms in total. The van der Waals surface area contributed by atoms with Crippen LogP contribution in [0.4, 0.5) is 11.6 Å². The van der Waals surface area contributed by atoms with Gasteiger partial charge in [0.15, 0.2) is 0 Å². The van der Waals surface area contributed by atoms with Crippen molar-refractivity contribution in [1.82, 2.24) is 9.97 Å². The van der Waals surface area contributed by atoms with Crippen LogP contribution in [-0.2, 0) is 10.0 Å². The van der Waals surface area contributed by atoms with Crippen LogP contribution >= 0.6 is 0 Å². The van der Waals surface area contributed by atoms with Gasteiger partial charge in [0.25, 0.3) is 10.0 Å². The summed E-state index contributed by atoms with van der Waals surface area (Å²) in [5.74, 6) is 1.24. The van der Waals surface area contributed by atoms with Gasteiger partial charge in [0.2, 0.25) is 11.8 Å². The number of rotatable bonds is 4. The summed E-state index contributed by atoms with van der Waals surface area (Å²) < 4.78 is 40.0. The Kier molecular flexibility index (Phi) is 6.18. The first-order valence-electron chi connectivity index (χ1n) is 10.4. The first kappa shape index (κ1) is 21.9. The van der Waals surface area contributed by atoms with Crippen LogP contribution in [0.1, 0.15) is 20.3 Å². The van der Waals surface area contributed by atoms with Crippen LogP contribution in [0, 0.1) is 5.92 Å². The van der Waals surface area contributed by atoms with Crippen molar-refractivity contribution in [2.45, 2.75) is 31.2 Å². The fourth-order valence-electron chi connectivity index (χ4n) is 3.63. The zero-order chi connectivity index (χ0) is 22.7. The van der Waals surface area contributed by atoms with E-state index in [-0.39, 0.29) is 22.8 Å². The minimum Gasteiger partial charge on any atom is -0.496 e. The van der Waals surface area contributed by atoms with E-state index >= 15 is 0 Å². The highest BCUT2D eigenvalue weighted by Crippen LogP contribution is 2.31. The lowest BCUT2D eigenvalue weighted by atomic mass is 10.0. The monoisotopic (exact) mass is 454 g/mol. The highest BCUT2D eigenvalue weighted by Gasteiger charge is 2.21. The van der Waals surface area contributed by atoms with Crippen molar-refractivity contribution in [2.75, 3.05) is 23.8 Å². The molecular formula is C23H26N4O4S. The standard InChI is InChI=1S/C23H26N4O4S/c1-15(2)11-17-14-31-22-13-20(19-9-4-5-10-21(19)30-3)25-23(26-22)27-32(28,29)18-8-6-7-16(12-18)24-17/h4-10,12-13,15,17,24H,11,14H2,1-3H3,(H,25,26,27)/t17-/m1/s1. The lowest BCUT2D eigenvalue weighted by molar-refractivity contribution is 0.271. The molecule has 9 heteroatoms. The van der Waals surface area contributed by atoms with Gasteiger partial charge in [-0.25, -0.2) is 18.1 Å². The van der Waals surface area contributed by atoms with Crippen LogP contribution in [0.25, 0.3) is 11.3 Å². The zero-order valence-corrected chi connectivity index (χ0v) is 19.0. The van der Waals surface area contributed by atoms with E-state index in [1.54, 1.807) is 25.3 Å². The Labute approximate surface area is 188 Å². The molecule has 1 aliphatic rings. The van der Waals surface area contributed by atoms with Gasteiger partial charge >= 0.3 is 0 Å². The molecule has 1 aromatic heterocycles. The van der Waals surface area contributed by atoms with Gasteiger partial charge in [-0.2, -0.15) is 4.98 Å². The van der Waals surface area contributed by atoms with E-state index in [1.165, 1.54) is 6.07 Å². The topological polar surface area (TPSA) is 102 Å². The minimum absolute atomic E-state index is 0.0338. The maximum absolute atomic E-state index is 13.0. The zero-order valence-electron chi connectivity index (χ0n) is 18.2. The van der Waals surface area contributed by atoms with E-state index in [9.17, 15) is 8.42 Å². The third-order valence-electron chi connectivity index (χ3n) is 5.01. The first-order valence-corrected chi connectivity index (χ1v) is 11.9. The quantitative estimate of drug-likeness (QED) is 0.610. The van der Waals surface area contributed by atoms with Crippen molar-refractivity contribution < 1.29 is 17.9 Å². The smallest absolute Gasteiger partial charge is 0.264 e. The Morgan fingerprint density at radius 1 is 1.12 bits per heavy atom. The van der Waals surface area contributed by atoms with E-state index in [2.05, 4.69) is 33.9 Å². The summed E-state index contributed by atoms with van der Waals surface area (Å²) in [6, 6.07) is 15.7. The normalized spacial score (nSPS) is 17.2. The number of ether oxygens (including phenoxy) is 2. The number of nitrogens with zero attached hydrogens (tertiary/aromatic N) is 2. The summed E-state index contributed by atoms with van der Waals surface area (Å²) in [5, 5.41) is 3.40. The maximum atomic E-state index is 13.0. The van der Waals surface area contributed by atoms with Crippen LogP contribution in [0.5, 0.6) is 11.6 Å². The molecule has 0 amide bonds. The summed E-state index contributed by atoms with van der Waals surface area (Å²) >= 11 is 0. The van der Waals surface area contributed by atoms with Crippen molar-refractivity contribution in [3.8, 4) is 22.9 Å². The molecule has 0 unspecified atom stereocenters. The molecule has 0 aliphatic carbocycles. The maximum Gasteiger partial charge on any atom is 0.264 e. The number of benzene rings is 2. The number of hydrogen-bond donors (Lipinski definition) is 2.